The zero-order valence-corrected chi connectivity index (χ0v) is 14.7. The number of aryl methyl sites for hydroxylation is 1. The summed E-state index contributed by atoms with van der Waals surface area (Å²) in [5, 5.41) is 8.26. The highest BCUT2D eigenvalue weighted by atomic mass is 16.2. The molecule has 1 aliphatic rings. The highest BCUT2D eigenvalue weighted by Crippen LogP contribution is 2.29. The van der Waals surface area contributed by atoms with Crippen molar-refractivity contribution in [1.29, 1.82) is 0 Å². The molecule has 1 aliphatic carbocycles. The van der Waals surface area contributed by atoms with E-state index in [0.717, 1.165) is 34.9 Å². The molecule has 0 bridgehead atoms. The van der Waals surface area contributed by atoms with E-state index >= 15 is 0 Å². The van der Waals surface area contributed by atoms with Crippen molar-refractivity contribution in [2.75, 3.05) is 7.05 Å². The maximum Gasteiger partial charge on any atom is 0.253 e. The first-order valence-electron chi connectivity index (χ1n) is 8.95. The van der Waals surface area contributed by atoms with Gasteiger partial charge in [-0.2, -0.15) is 5.10 Å². The fraction of sp³-hybridized carbons (Fsp3) is 0.333. The van der Waals surface area contributed by atoms with Gasteiger partial charge in [-0.25, -0.2) is 0 Å². The molecule has 0 atom stereocenters. The van der Waals surface area contributed by atoms with Crippen molar-refractivity contribution in [3.8, 4) is 11.1 Å². The molecule has 3 aromatic rings. The molecule has 1 fully saturated rings. The minimum atomic E-state index is 0.125. The summed E-state index contributed by atoms with van der Waals surface area (Å²) in [6.45, 7) is 2.11. The van der Waals surface area contributed by atoms with Gasteiger partial charge in [0.15, 0.2) is 0 Å². The molecule has 1 N–H and O–H groups in total. The summed E-state index contributed by atoms with van der Waals surface area (Å²) in [6.07, 6.45) is 6.59. The Bertz CT molecular complexity index is 905. The van der Waals surface area contributed by atoms with Gasteiger partial charge in [0.05, 0.1) is 11.7 Å². The number of rotatable bonds is 3. The quantitative estimate of drug-likeness (QED) is 0.764. The minimum absolute atomic E-state index is 0.125. The Morgan fingerprint density at radius 1 is 1.12 bits per heavy atom. The summed E-state index contributed by atoms with van der Waals surface area (Å²) in [5.41, 5.74) is 5.32. The van der Waals surface area contributed by atoms with Gasteiger partial charge in [-0.05, 0) is 54.7 Å². The number of nitrogens with one attached hydrogen (secondary N) is 1. The molecule has 1 heterocycles. The van der Waals surface area contributed by atoms with Crippen LogP contribution in [0.1, 0.15) is 41.6 Å². The van der Waals surface area contributed by atoms with Gasteiger partial charge < -0.3 is 4.90 Å². The van der Waals surface area contributed by atoms with E-state index in [-0.39, 0.29) is 5.91 Å². The van der Waals surface area contributed by atoms with Crippen LogP contribution in [0.4, 0.5) is 0 Å². The zero-order chi connectivity index (χ0) is 17.4. The summed E-state index contributed by atoms with van der Waals surface area (Å²) >= 11 is 0. The van der Waals surface area contributed by atoms with Crippen molar-refractivity contribution >= 4 is 16.8 Å². The van der Waals surface area contributed by atoms with Gasteiger partial charge in [-0.15, -0.1) is 0 Å². The Morgan fingerprint density at radius 2 is 1.84 bits per heavy atom. The molecule has 1 aromatic heterocycles. The van der Waals surface area contributed by atoms with E-state index in [9.17, 15) is 4.79 Å². The van der Waals surface area contributed by atoms with Crippen LogP contribution in [0.25, 0.3) is 22.0 Å². The van der Waals surface area contributed by atoms with E-state index in [2.05, 4.69) is 29.3 Å². The number of nitrogens with zero attached hydrogens (tertiary/aromatic N) is 2. The van der Waals surface area contributed by atoms with Crippen LogP contribution in [0.15, 0.2) is 42.6 Å². The Labute approximate surface area is 147 Å². The molecule has 4 rings (SSSR count). The standard InChI is InChI=1S/C21H23N3O/c1-14-18(11-12-20-19(14)13-22-23-20)15-7-9-16(10-8-15)21(25)24(2)17-5-3-4-6-17/h7-13,17H,3-6H2,1-2H3,(H,22,23). The van der Waals surface area contributed by atoms with Gasteiger partial charge in [0.2, 0.25) is 0 Å². The first-order chi connectivity index (χ1) is 12.1. The Balaban J connectivity index is 1.60. The summed E-state index contributed by atoms with van der Waals surface area (Å²) in [5.74, 6) is 0.125. The number of aromatic nitrogens is 2. The van der Waals surface area contributed by atoms with Crippen molar-refractivity contribution < 1.29 is 4.79 Å². The van der Waals surface area contributed by atoms with Crippen LogP contribution in [0.5, 0.6) is 0 Å². The lowest BCUT2D eigenvalue weighted by Gasteiger charge is -2.24. The molecular weight excluding hydrogens is 310 g/mol. The van der Waals surface area contributed by atoms with Crippen molar-refractivity contribution in [3.05, 3.63) is 53.7 Å². The van der Waals surface area contributed by atoms with Crippen molar-refractivity contribution in [1.82, 2.24) is 15.1 Å². The molecule has 25 heavy (non-hydrogen) atoms. The first kappa shape index (κ1) is 15.9. The van der Waals surface area contributed by atoms with E-state index in [1.165, 1.54) is 24.0 Å². The Hall–Kier alpha value is -2.62. The molecule has 4 nitrogen and oxygen atoms in total. The first-order valence-corrected chi connectivity index (χ1v) is 8.95. The normalized spacial score (nSPS) is 15.0. The SMILES string of the molecule is Cc1c(-c2ccc(C(=O)N(C)C3CCCC3)cc2)ccc2[nH]ncc12. The fourth-order valence-electron chi connectivity index (χ4n) is 3.92. The molecule has 0 aliphatic heterocycles. The van der Waals surface area contributed by atoms with Gasteiger partial charge in [0, 0.05) is 24.0 Å². The predicted octanol–water partition coefficient (Wildman–Crippen LogP) is 4.55. The van der Waals surface area contributed by atoms with E-state index in [0.29, 0.717) is 6.04 Å². The van der Waals surface area contributed by atoms with Gasteiger partial charge >= 0.3 is 0 Å². The second-order valence-electron chi connectivity index (χ2n) is 7.00. The molecule has 0 spiro atoms. The number of hydrogen-bond acceptors (Lipinski definition) is 2. The van der Waals surface area contributed by atoms with E-state index in [4.69, 9.17) is 0 Å². The summed E-state index contributed by atoms with van der Waals surface area (Å²) in [7, 11) is 1.93. The summed E-state index contributed by atoms with van der Waals surface area (Å²) in [6, 6.07) is 12.5. The van der Waals surface area contributed by atoms with Crippen molar-refractivity contribution in [3.63, 3.8) is 0 Å². The topological polar surface area (TPSA) is 49.0 Å². The Kier molecular flexibility index (Phi) is 4.04. The number of hydrogen-bond donors (Lipinski definition) is 1. The number of fused-ring (bicyclic) bond motifs is 1. The summed E-state index contributed by atoms with van der Waals surface area (Å²) in [4.78, 5) is 14.6. The van der Waals surface area contributed by atoms with Crippen LogP contribution < -0.4 is 0 Å². The predicted molar refractivity (Wildman–Crippen MR) is 101 cm³/mol. The third-order valence-corrected chi connectivity index (χ3v) is 5.53. The number of benzene rings is 2. The molecule has 4 heteroatoms. The molecule has 1 amide bonds. The van der Waals surface area contributed by atoms with Crippen molar-refractivity contribution in [2.24, 2.45) is 0 Å². The van der Waals surface area contributed by atoms with E-state index in [1.54, 1.807) is 0 Å². The number of carbonyl (C=O) groups is 1. The average molecular weight is 333 g/mol. The smallest absolute Gasteiger partial charge is 0.253 e. The van der Waals surface area contributed by atoms with Gasteiger partial charge in [0.1, 0.15) is 0 Å². The maximum atomic E-state index is 12.7. The zero-order valence-electron chi connectivity index (χ0n) is 14.7. The van der Waals surface area contributed by atoms with Crippen LogP contribution in [0, 0.1) is 6.92 Å². The molecule has 128 valence electrons. The molecular formula is C21H23N3O. The second-order valence-corrected chi connectivity index (χ2v) is 7.00. The molecule has 2 aromatic carbocycles. The Morgan fingerprint density at radius 3 is 2.56 bits per heavy atom. The van der Waals surface area contributed by atoms with E-state index in [1.807, 2.05) is 42.4 Å². The lowest BCUT2D eigenvalue weighted by atomic mass is 9.97. The number of amides is 1. The second kappa shape index (κ2) is 6.36. The number of aromatic amines is 1. The lowest BCUT2D eigenvalue weighted by molar-refractivity contribution is 0.0735. The van der Waals surface area contributed by atoms with Gasteiger partial charge in [-0.3, -0.25) is 9.89 Å². The minimum Gasteiger partial charge on any atom is -0.339 e. The van der Waals surface area contributed by atoms with Crippen LogP contribution >= 0.6 is 0 Å². The highest BCUT2D eigenvalue weighted by molar-refractivity contribution is 5.95. The number of carbonyl (C=O) groups excluding carboxylic acids is 1. The average Bonchev–Trinajstić information content (AvgIpc) is 3.33. The van der Waals surface area contributed by atoms with Gasteiger partial charge in [0.25, 0.3) is 5.91 Å². The van der Waals surface area contributed by atoms with Crippen molar-refractivity contribution in [2.45, 2.75) is 38.6 Å². The van der Waals surface area contributed by atoms with Crippen LogP contribution in [-0.4, -0.2) is 34.1 Å². The number of H-pyrrole nitrogens is 1. The molecule has 0 radical (unpaired) electrons. The molecule has 0 unspecified atom stereocenters. The third kappa shape index (κ3) is 2.82. The van der Waals surface area contributed by atoms with Crippen LogP contribution in [0.2, 0.25) is 0 Å². The highest BCUT2D eigenvalue weighted by Gasteiger charge is 2.24. The summed E-state index contributed by atoms with van der Waals surface area (Å²) < 4.78 is 0. The molecule has 1 saturated carbocycles. The maximum absolute atomic E-state index is 12.7. The van der Waals surface area contributed by atoms with Gasteiger partial charge in [-0.1, -0.05) is 31.0 Å². The largest absolute Gasteiger partial charge is 0.339 e. The molecule has 0 saturated heterocycles. The van der Waals surface area contributed by atoms with Crippen LogP contribution in [-0.2, 0) is 0 Å². The van der Waals surface area contributed by atoms with E-state index < -0.39 is 0 Å². The van der Waals surface area contributed by atoms with Crippen LogP contribution in [0.3, 0.4) is 0 Å². The fourth-order valence-corrected chi connectivity index (χ4v) is 3.92. The third-order valence-electron chi connectivity index (χ3n) is 5.53. The monoisotopic (exact) mass is 333 g/mol. The lowest BCUT2D eigenvalue weighted by Crippen LogP contribution is -2.35.